The third kappa shape index (κ3) is 6.81. The maximum Gasteiger partial charge on any atom is 0.271 e. The van der Waals surface area contributed by atoms with E-state index in [1.165, 1.54) is 37.2 Å². The first kappa shape index (κ1) is 29.5. The van der Waals surface area contributed by atoms with Gasteiger partial charge in [-0.25, -0.2) is 9.97 Å². The number of primary amides is 1. The van der Waals surface area contributed by atoms with Crippen molar-refractivity contribution in [2.75, 3.05) is 81.6 Å². The molecule has 6 rings (SSSR count). The number of piperazine rings is 1. The fourth-order valence-electron chi connectivity index (χ4n) is 6.49. The SMILES string of the molecule is CCc1cc(Nc2nc(NC3CCOCC3)c(C3=CCN=N3)nc2C(N)=O)ccc1N1CCC(N2CCN(C)CC2)CC1. The molecule has 4 N–H and O–H groups in total. The number of hydrogen-bond acceptors (Lipinski definition) is 11. The minimum Gasteiger partial charge on any atom is -0.381 e. The molecule has 3 fully saturated rings. The number of nitrogens with one attached hydrogen (secondary N) is 2. The van der Waals surface area contributed by atoms with Gasteiger partial charge in [0.1, 0.15) is 11.4 Å². The van der Waals surface area contributed by atoms with Crippen LogP contribution in [0, 0.1) is 0 Å². The fourth-order valence-corrected chi connectivity index (χ4v) is 6.49. The van der Waals surface area contributed by atoms with E-state index in [-0.39, 0.29) is 11.7 Å². The number of nitrogens with two attached hydrogens (primary N) is 1. The first-order valence-electron chi connectivity index (χ1n) is 15.7. The molecule has 12 nitrogen and oxygen atoms in total. The van der Waals surface area contributed by atoms with Gasteiger partial charge in [-0.05, 0) is 69.0 Å². The van der Waals surface area contributed by atoms with Crippen LogP contribution in [-0.2, 0) is 11.2 Å². The Morgan fingerprint density at radius 1 is 1.02 bits per heavy atom. The van der Waals surface area contributed by atoms with Crippen LogP contribution in [0.2, 0.25) is 0 Å². The fraction of sp³-hybridized carbons (Fsp3) is 0.581. The van der Waals surface area contributed by atoms with Crippen LogP contribution in [-0.4, -0.2) is 104 Å². The van der Waals surface area contributed by atoms with Crippen molar-refractivity contribution in [2.24, 2.45) is 16.0 Å². The predicted octanol–water partition coefficient (Wildman–Crippen LogP) is 3.50. The molecule has 0 bridgehead atoms. The lowest BCUT2D eigenvalue weighted by atomic mass is 10.00. The Balaban J connectivity index is 1.21. The second-order valence-electron chi connectivity index (χ2n) is 11.9. The van der Waals surface area contributed by atoms with E-state index in [0.717, 1.165) is 51.1 Å². The number of rotatable bonds is 9. The van der Waals surface area contributed by atoms with Gasteiger partial charge in [0, 0.05) is 75.9 Å². The smallest absolute Gasteiger partial charge is 0.271 e. The van der Waals surface area contributed by atoms with Gasteiger partial charge >= 0.3 is 0 Å². The monoisotopic (exact) mass is 588 g/mol. The highest BCUT2D eigenvalue weighted by Gasteiger charge is 2.28. The molecule has 4 aliphatic heterocycles. The second-order valence-corrected chi connectivity index (χ2v) is 11.9. The average Bonchev–Trinajstić information content (AvgIpc) is 3.57. The van der Waals surface area contributed by atoms with Crippen LogP contribution >= 0.6 is 0 Å². The molecule has 0 radical (unpaired) electrons. The molecule has 1 amide bonds. The number of ether oxygens (including phenoxy) is 1. The van der Waals surface area contributed by atoms with E-state index >= 15 is 0 Å². The molecule has 12 heteroatoms. The average molecular weight is 589 g/mol. The lowest BCUT2D eigenvalue weighted by Crippen LogP contribution is -2.52. The Bertz CT molecular complexity index is 1360. The van der Waals surface area contributed by atoms with Crippen molar-refractivity contribution in [1.29, 1.82) is 0 Å². The Kier molecular flexibility index (Phi) is 9.15. The molecule has 3 saturated heterocycles. The van der Waals surface area contributed by atoms with Crippen molar-refractivity contribution in [3.63, 3.8) is 0 Å². The molecular weight excluding hydrogens is 544 g/mol. The zero-order chi connectivity index (χ0) is 29.8. The number of likely N-dealkylation sites (N-methyl/N-ethyl adjacent to an activating group) is 1. The van der Waals surface area contributed by atoms with Crippen LogP contribution in [0.3, 0.4) is 0 Å². The lowest BCUT2D eigenvalue weighted by molar-refractivity contribution is 0.0904. The Morgan fingerprint density at radius 3 is 2.47 bits per heavy atom. The highest BCUT2D eigenvalue weighted by molar-refractivity contribution is 5.97. The first-order chi connectivity index (χ1) is 21.0. The Morgan fingerprint density at radius 2 is 1.79 bits per heavy atom. The maximum atomic E-state index is 12.6. The molecule has 0 saturated carbocycles. The van der Waals surface area contributed by atoms with Gasteiger partial charge in [0.05, 0.1) is 6.54 Å². The van der Waals surface area contributed by atoms with Crippen molar-refractivity contribution < 1.29 is 9.53 Å². The van der Waals surface area contributed by atoms with Gasteiger partial charge in [-0.15, -0.1) is 0 Å². The molecule has 0 spiro atoms. The van der Waals surface area contributed by atoms with E-state index in [1.807, 2.05) is 6.08 Å². The second kappa shape index (κ2) is 13.4. The summed E-state index contributed by atoms with van der Waals surface area (Å²) < 4.78 is 5.53. The number of aryl methyl sites for hydroxylation is 1. The summed E-state index contributed by atoms with van der Waals surface area (Å²) in [6, 6.07) is 7.26. The van der Waals surface area contributed by atoms with Crippen LogP contribution in [0.1, 0.15) is 54.4 Å². The number of nitrogens with zero attached hydrogens (tertiary/aromatic N) is 7. The van der Waals surface area contributed by atoms with Crippen molar-refractivity contribution in [1.82, 2.24) is 19.8 Å². The summed E-state index contributed by atoms with van der Waals surface area (Å²) in [5.41, 5.74) is 10.3. The molecular formula is C31H44N10O2. The molecule has 5 heterocycles. The molecule has 43 heavy (non-hydrogen) atoms. The van der Waals surface area contributed by atoms with Crippen molar-refractivity contribution >= 4 is 34.6 Å². The van der Waals surface area contributed by atoms with E-state index in [1.54, 1.807) is 0 Å². The minimum absolute atomic E-state index is 0.0728. The molecule has 0 unspecified atom stereocenters. The van der Waals surface area contributed by atoms with Crippen LogP contribution in [0.5, 0.6) is 0 Å². The van der Waals surface area contributed by atoms with E-state index in [4.69, 9.17) is 15.5 Å². The summed E-state index contributed by atoms with van der Waals surface area (Å²) >= 11 is 0. The highest BCUT2D eigenvalue weighted by atomic mass is 16.5. The number of carbonyl (C=O) groups is 1. The Labute approximate surface area is 253 Å². The van der Waals surface area contributed by atoms with Gasteiger partial charge in [0.15, 0.2) is 17.3 Å². The maximum absolute atomic E-state index is 12.6. The summed E-state index contributed by atoms with van der Waals surface area (Å²) in [7, 11) is 2.21. The van der Waals surface area contributed by atoms with Crippen LogP contribution in [0.4, 0.5) is 23.0 Å². The van der Waals surface area contributed by atoms with E-state index in [0.29, 0.717) is 48.8 Å². The highest BCUT2D eigenvalue weighted by Crippen LogP contribution is 2.33. The predicted molar refractivity (Wildman–Crippen MR) is 169 cm³/mol. The summed E-state index contributed by atoms with van der Waals surface area (Å²) in [6.45, 7) is 10.8. The summed E-state index contributed by atoms with van der Waals surface area (Å²) in [5.74, 6) is 0.228. The number of hydrogen-bond donors (Lipinski definition) is 3. The van der Waals surface area contributed by atoms with Crippen molar-refractivity contribution in [2.45, 2.75) is 51.1 Å². The number of piperidine rings is 1. The van der Waals surface area contributed by atoms with Crippen LogP contribution in [0.25, 0.3) is 5.70 Å². The number of amides is 1. The van der Waals surface area contributed by atoms with Crippen molar-refractivity contribution in [3.8, 4) is 0 Å². The number of benzene rings is 1. The first-order valence-corrected chi connectivity index (χ1v) is 15.7. The third-order valence-electron chi connectivity index (χ3n) is 9.06. The zero-order valence-electron chi connectivity index (χ0n) is 25.4. The molecule has 2 aromatic rings. The normalized spacial score (nSPS) is 20.8. The number of azo groups is 1. The molecule has 1 aromatic heterocycles. The van der Waals surface area contributed by atoms with E-state index < -0.39 is 5.91 Å². The van der Waals surface area contributed by atoms with Gasteiger partial charge in [-0.2, -0.15) is 10.2 Å². The van der Waals surface area contributed by atoms with E-state index in [9.17, 15) is 4.79 Å². The standard InChI is InChI=1S/C31H44N10O2/c1-3-21-20-23(4-5-26(21)41-12-7-24(8-13-41)40-16-14-39(2)15-17-40)35-31-28(29(32)42)36-27(25-6-11-33-38-25)30(37-31)34-22-9-18-43-19-10-22/h4-6,20,22,24H,3,7-19H2,1-2H3,(H2,32,42)(H2,34,35,37). The quantitative estimate of drug-likeness (QED) is 0.402. The largest absolute Gasteiger partial charge is 0.381 e. The van der Waals surface area contributed by atoms with Gasteiger partial charge in [0.2, 0.25) is 0 Å². The molecule has 230 valence electrons. The van der Waals surface area contributed by atoms with Crippen LogP contribution in [0.15, 0.2) is 34.5 Å². The molecule has 4 aliphatic rings. The number of aromatic nitrogens is 2. The minimum atomic E-state index is -0.653. The number of carbonyl (C=O) groups excluding carboxylic acids is 1. The van der Waals surface area contributed by atoms with Gasteiger partial charge in [-0.3, -0.25) is 9.69 Å². The molecule has 0 atom stereocenters. The van der Waals surface area contributed by atoms with Gasteiger partial charge < -0.3 is 30.9 Å². The third-order valence-corrected chi connectivity index (χ3v) is 9.06. The lowest BCUT2D eigenvalue weighted by Gasteiger charge is -2.43. The Hall–Kier alpha value is -3.61. The van der Waals surface area contributed by atoms with Crippen molar-refractivity contribution in [3.05, 3.63) is 41.2 Å². The topological polar surface area (TPSA) is 137 Å². The van der Waals surface area contributed by atoms with Crippen LogP contribution < -0.4 is 21.3 Å². The summed E-state index contributed by atoms with van der Waals surface area (Å²) in [5, 5.41) is 15.2. The molecule has 1 aromatic carbocycles. The van der Waals surface area contributed by atoms with Gasteiger partial charge in [-0.1, -0.05) is 6.92 Å². The summed E-state index contributed by atoms with van der Waals surface area (Å²) in [4.78, 5) is 29.7. The zero-order valence-corrected chi connectivity index (χ0v) is 25.4. The van der Waals surface area contributed by atoms with Gasteiger partial charge in [0.25, 0.3) is 5.91 Å². The number of anilines is 4. The summed E-state index contributed by atoms with van der Waals surface area (Å²) in [6.07, 6.45) is 6.86. The molecule has 0 aliphatic carbocycles. The van der Waals surface area contributed by atoms with E-state index in [2.05, 4.69) is 72.7 Å².